The first-order valence-electron chi connectivity index (χ1n) is 10.9. The van der Waals surface area contributed by atoms with Gasteiger partial charge < -0.3 is 9.80 Å². The quantitative estimate of drug-likeness (QED) is 0.770. The van der Waals surface area contributed by atoms with Crippen LogP contribution in [0.5, 0.6) is 0 Å². The number of halogens is 1. The van der Waals surface area contributed by atoms with Gasteiger partial charge in [-0.25, -0.2) is 4.39 Å². The third-order valence-electron chi connectivity index (χ3n) is 6.97. The zero-order chi connectivity index (χ0) is 19.7. The Morgan fingerprint density at radius 1 is 0.857 bits per heavy atom. The van der Waals surface area contributed by atoms with E-state index in [9.17, 15) is 14.0 Å². The molecule has 0 radical (unpaired) electrons. The van der Waals surface area contributed by atoms with E-state index in [-0.39, 0.29) is 36.3 Å². The molecule has 152 valence electrons. The largest absolute Gasteiger partial charge is 0.328 e. The smallest absolute Gasteiger partial charge is 0.250 e. The number of hydrogen-bond donors (Lipinski definition) is 0. The molecule has 0 aromatic heterocycles. The van der Waals surface area contributed by atoms with Gasteiger partial charge in [-0.1, -0.05) is 38.3 Å². The summed E-state index contributed by atoms with van der Waals surface area (Å²) >= 11 is 0. The maximum absolute atomic E-state index is 13.6. The highest BCUT2D eigenvalue weighted by molar-refractivity contribution is 5.96. The summed E-state index contributed by atoms with van der Waals surface area (Å²) in [6.45, 7) is 2.46. The monoisotopic (exact) mass is 386 g/mol. The fourth-order valence-electron chi connectivity index (χ4n) is 5.31. The van der Waals surface area contributed by atoms with Gasteiger partial charge >= 0.3 is 0 Å². The summed E-state index contributed by atoms with van der Waals surface area (Å²) < 4.78 is 13.5. The maximum Gasteiger partial charge on any atom is 0.250 e. The minimum atomic E-state index is -0.607. The lowest BCUT2D eigenvalue weighted by Gasteiger charge is -2.48. The van der Waals surface area contributed by atoms with Gasteiger partial charge in [0.2, 0.25) is 5.91 Å². The number of rotatable bonds is 3. The van der Waals surface area contributed by atoms with Crippen molar-refractivity contribution < 1.29 is 14.0 Å². The van der Waals surface area contributed by atoms with Crippen molar-refractivity contribution in [3.63, 3.8) is 0 Å². The van der Waals surface area contributed by atoms with Crippen molar-refractivity contribution >= 4 is 11.8 Å². The van der Waals surface area contributed by atoms with E-state index in [0.29, 0.717) is 5.92 Å². The van der Waals surface area contributed by atoms with Crippen LogP contribution in [0.15, 0.2) is 24.3 Å². The molecule has 28 heavy (non-hydrogen) atoms. The number of carbonyl (C=O) groups is 2. The molecule has 1 unspecified atom stereocenters. The highest BCUT2D eigenvalue weighted by Crippen LogP contribution is 2.37. The third-order valence-corrected chi connectivity index (χ3v) is 6.97. The van der Waals surface area contributed by atoms with E-state index >= 15 is 0 Å². The molecule has 3 fully saturated rings. The molecule has 4 rings (SSSR count). The van der Waals surface area contributed by atoms with Crippen LogP contribution in [-0.4, -0.2) is 40.2 Å². The number of carbonyl (C=O) groups excluding carboxylic acids is 2. The Labute approximate surface area is 167 Å². The average molecular weight is 387 g/mol. The highest BCUT2D eigenvalue weighted by atomic mass is 19.1. The van der Waals surface area contributed by atoms with E-state index in [1.165, 1.54) is 18.6 Å². The predicted molar refractivity (Wildman–Crippen MR) is 106 cm³/mol. The zero-order valence-electron chi connectivity index (χ0n) is 16.8. The van der Waals surface area contributed by atoms with Gasteiger partial charge in [-0.05, 0) is 62.1 Å². The number of hydrogen-bond acceptors (Lipinski definition) is 2. The Bertz CT molecular complexity index is 706. The van der Waals surface area contributed by atoms with E-state index in [1.807, 2.05) is 9.80 Å². The fourth-order valence-corrected chi connectivity index (χ4v) is 5.31. The third kappa shape index (κ3) is 3.81. The van der Waals surface area contributed by atoms with Crippen LogP contribution < -0.4 is 0 Å². The normalized spacial score (nSPS) is 30.0. The van der Waals surface area contributed by atoms with E-state index in [2.05, 4.69) is 6.92 Å². The molecule has 1 aliphatic heterocycles. The summed E-state index contributed by atoms with van der Waals surface area (Å²) in [6, 6.07) is 5.81. The van der Waals surface area contributed by atoms with Crippen molar-refractivity contribution in [3.8, 4) is 0 Å². The summed E-state index contributed by atoms with van der Waals surface area (Å²) in [5.41, 5.74) is 0.735. The Morgan fingerprint density at radius 3 is 2.14 bits per heavy atom. The van der Waals surface area contributed by atoms with Crippen LogP contribution in [0.3, 0.4) is 0 Å². The minimum Gasteiger partial charge on any atom is -0.328 e. The summed E-state index contributed by atoms with van der Waals surface area (Å²) in [5.74, 6) is 0.454. The second-order valence-corrected chi connectivity index (χ2v) is 8.93. The topological polar surface area (TPSA) is 40.6 Å². The molecule has 1 saturated heterocycles. The Balaban J connectivity index is 1.64. The van der Waals surface area contributed by atoms with E-state index in [4.69, 9.17) is 0 Å². The van der Waals surface area contributed by atoms with Crippen molar-refractivity contribution in [1.82, 2.24) is 9.80 Å². The zero-order valence-corrected chi connectivity index (χ0v) is 16.8. The summed E-state index contributed by atoms with van der Waals surface area (Å²) in [7, 11) is 0. The van der Waals surface area contributed by atoms with Crippen molar-refractivity contribution in [2.24, 2.45) is 5.92 Å². The van der Waals surface area contributed by atoms with E-state index < -0.39 is 6.04 Å². The Morgan fingerprint density at radius 2 is 1.50 bits per heavy atom. The Hall–Kier alpha value is -1.91. The SMILES string of the molecule is CC1CCC(N2CC(=O)N(C3CCCCC3)C(c3ccc(F)cc3)C2=O)CC1. The van der Waals surface area contributed by atoms with Crippen LogP contribution >= 0.6 is 0 Å². The van der Waals surface area contributed by atoms with Crippen LogP contribution in [0, 0.1) is 11.7 Å². The van der Waals surface area contributed by atoms with Gasteiger partial charge in [0.25, 0.3) is 5.91 Å². The van der Waals surface area contributed by atoms with Gasteiger partial charge in [-0.2, -0.15) is 0 Å². The van der Waals surface area contributed by atoms with Gasteiger partial charge in [0, 0.05) is 12.1 Å². The van der Waals surface area contributed by atoms with Crippen molar-refractivity contribution in [1.29, 1.82) is 0 Å². The molecule has 1 heterocycles. The standard InChI is InChI=1S/C23H31FN2O2/c1-16-7-13-19(14-8-16)25-15-21(27)26(20-5-3-2-4-6-20)22(23(25)28)17-9-11-18(24)12-10-17/h9-12,16,19-20,22H,2-8,13-15H2,1H3. The first-order valence-corrected chi connectivity index (χ1v) is 10.9. The lowest BCUT2D eigenvalue weighted by Crippen LogP contribution is -2.61. The van der Waals surface area contributed by atoms with Crippen molar-refractivity contribution in [2.45, 2.75) is 82.8 Å². The number of nitrogens with zero attached hydrogens (tertiary/aromatic N) is 2. The summed E-state index contributed by atoms with van der Waals surface area (Å²) in [5, 5.41) is 0. The molecule has 3 aliphatic rings. The summed E-state index contributed by atoms with van der Waals surface area (Å²) in [4.78, 5) is 30.6. The summed E-state index contributed by atoms with van der Waals surface area (Å²) in [6.07, 6.45) is 9.47. The molecule has 0 bridgehead atoms. The second-order valence-electron chi connectivity index (χ2n) is 8.93. The first-order chi connectivity index (χ1) is 13.5. The predicted octanol–water partition coefficient (Wildman–Crippen LogP) is 4.45. The van der Waals surface area contributed by atoms with Crippen LogP contribution in [0.25, 0.3) is 0 Å². The van der Waals surface area contributed by atoms with Gasteiger partial charge in [0.1, 0.15) is 18.4 Å². The number of benzene rings is 1. The van der Waals surface area contributed by atoms with Crippen molar-refractivity contribution in [2.75, 3.05) is 6.54 Å². The lowest BCUT2D eigenvalue weighted by molar-refractivity contribution is -0.162. The minimum absolute atomic E-state index is 0.0244. The van der Waals surface area contributed by atoms with Gasteiger partial charge in [-0.3, -0.25) is 9.59 Å². The molecule has 2 aliphatic carbocycles. The van der Waals surface area contributed by atoms with Crippen LogP contribution in [0.1, 0.15) is 76.3 Å². The van der Waals surface area contributed by atoms with Crippen LogP contribution in [-0.2, 0) is 9.59 Å². The van der Waals surface area contributed by atoms with Crippen molar-refractivity contribution in [3.05, 3.63) is 35.6 Å². The fraction of sp³-hybridized carbons (Fsp3) is 0.652. The highest BCUT2D eigenvalue weighted by Gasteiger charge is 2.45. The van der Waals surface area contributed by atoms with Gasteiger partial charge in [0.05, 0.1) is 0 Å². The number of piperazine rings is 1. The molecule has 5 heteroatoms. The molecular formula is C23H31FN2O2. The molecule has 2 amide bonds. The van der Waals surface area contributed by atoms with Crippen LogP contribution in [0.4, 0.5) is 4.39 Å². The first kappa shape index (κ1) is 19.4. The Kier molecular flexibility index (Phi) is 5.70. The second kappa shape index (κ2) is 8.22. The molecule has 1 aromatic carbocycles. The number of amides is 2. The average Bonchev–Trinajstić information content (AvgIpc) is 2.71. The van der Waals surface area contributed by atoms with E-state index in [1.54, 1.807) is 12.1 Å². The molecule has 2 saturated carbocycles. The molecule has 1 aromatic rings. The van der Waals surface area contributed by atoms with Crippen LogP contribution in [0.2, 0.25) is 0 Å². The van der Waals surface area contributed by atoms with E-state index in [0.717, 1.165) is 56.9 Å². The van der Waals surface area contributed by atoms with Gasteiger partial charge in [0.15, 0.2) is 0 Å². The molecule has 0 spiro atoms. The van der Waals surface area contributed by atoms with Gasteiger partial charge in [-0.15, -0.1) is 0 Å². The maximum atomic E-state index is 13.6. The molecule has 1 atom stereocenters. The molecule has 4 nitrogen and oxygen atoms in total. The molecule has 0 N–H and O–H groups in total. The molecular weight excluding hydrogens is 355 g/mol. The lowest BCUT2D eigenvalue weighted by atomic mass is 9.85.